The predicted octanol–water partition coefficient (Wildman–Crippen LogP) is 2.84. The number of benzene rings is 1. The topological polar surface area (TPSA) is 77.0 Å². The number of carbonyl (C=O) groups excluding carboxylic acids is 1. The minimum absolute atomic E-state index is 0.290. The molecule has 0 unspecified atom stereocenters. The molecule has 1 amide bonds. The van der Waals surface area contributed by atoms with E-state index in [0.29, 0.717) is 17.4 Å². The van der Waals surface area contributed by atoms with Crippen LogP contribution in [-0.4, -0.2) is 27.5 Å². The van der Waals surface area contributed by atoms with Crippen LogP contribution >= 0.6 is 11.6 Å². The maximum Gasteiger partial charge on any atom is 0.250 e. The van der Waals surface area contributed by atoms with Gasteiger partial charge in [-0.3, -0.25) is 4.79 Å². The van der Waals surface area contributed by atoms with Crippen molar-refractivity contribution in [3.8, 4) is 0 Å². The van der Waals surface area contributed by atoms with Crippen molar-refractivity contribution >= 4 is 34.4 Å². The molecule has 124 valence electrons. The Balaban J connectivity index is 1.92. The number of anilines is 1. The van der Waals surface area contributed by atoms with Gasteiger partial charge in [-0.05, 0) is 25.1 Å². The van der Waals surface area contributed by atoms with Crippen LogP contribution in [0.25, 0.3) is 11.0 Å². The number of aryl methyl sites for hydroxylation is 1. The van der Waals surface area contributed by atoms with Crippen molar-refractivity contribution in [2.75, 3.05) is 11.9 Å². The number of primary amides is 1. The molecule has 0 radical (unpaired) electrons. The largest absolute Gasteiger partial charge is 0.366 e. The first kappa shape index (κ1) is 16.3. The first-order chi connectivity index (χ1) is 11.5. The number of amides is 1. The van der Waals surface area contributed by atoms with E-state index in [4.69, 9.17) is 22.3 Å². The first-order valence-corrected chi connectivity index (χ1v) is 7.99. The molecule has 0 aliphatic carbocycles. The Morgan fingerprint density at radius 3 is 2.79 bits per heavy atom. The fourth-order valence-electron chi connectivity index (χ4n) is 2.73. The standard InChI is InChI=1S/C17H18ClN5O/c1-3-23-14-7-5-4-6-13(14)21-15(23)10-22(2)17-12(18)8-11(9-20-17)16(19)24/h4-9H,3,10H2,1-2H3,(H2,19,24). The maximum atomic E-state index is 11.2. The minimum Gasteiger partial charge on any atom is -0.366 e. The Morgan fingerprint density at radius 1 is 1.38 bits per heavy atom. The summed E-state index contributed by atoms with van der Waals surface area (Å²) in [5.74, 6) is 0.959. The van der Waals surface area contributed by atoms with Gasteiger partial charge in [-0.25, -0.2) is 9.97 Å². The van der Waals surface area contributed by atoms with Crippen molar-refractivity contribution in [3.63, 3.8) is 0 Å². The fourth-order valence-corrected chi connectivity index (χ4v) is 3.04. The van der Waals surface area contributed by atoms with E-state index in [0.717, 1.165) is 23.4 Å². The molecule has 0 aliphatic rings. The average Bonchev–Trinajstić information content (AvgIpc) is 2.91. The van der Waals surface area contributed by atoms with Crippen LogP contribution in [0.15, 0.2) is 36.5 Å². The maximum absolute atomic E-state index is 11.2. The lowest BCUT2D eigenvalue weighted by Crippen LogP contribution is -2.21. The monoisotopic (exact) mass is 343 g/mol. The number of aromatic nitrogens is 3. The van der Waals surface area contributed by atoms with Gasteiger partial charge < -0.3 is 15.2 Å². The molecular weight excluding hydrogens is 326 g/mol. The van der Waals surface area contributed by atoms with Gasteiger partial charge in [-0.1, -0.05) is 23.7 Å². The molecule has 0 atom stereocenters. The average molecular weight is 344 g/mol. The first-order valence-electron chi connectivity index (χ1n) is 7.62. The number of hydrogen-bond donors (Lipinski definition) is 1. The molecule has 0 aliphatic heterocycles. The van der Waals surface area contributed by atoms with Crippen LogP contribution in [0.1, 0.15) is 23.1 Å². The molecular formula is C17H18ClN5O. The van der Waals surface area contributed by atoms with Gasteiger partial charge in [0, 0.05) is 19.8 Å². The molecule has 0 fully saturated rings. The van der Waals surface area contributed by atoms with E-state index >= 15 is 0 Å². The van der Waals surface area contributed by atoms with Crippen LogP contribution in [0.5, 0.6) is 0 Å². The van der Waals surface area contributed by atoms with E-state index in [9.17, 15) is 4.79 Å². The normalized spacial score (nSPS) is 11.0. The van der Waals surface area contributed by atoms with Crippen molar-refractivity contribution in [2.24, 2.45) is 5.73 Å². The van der Waals surface area contributed by atoms with Crippen LogP contribution in [0.3, 0.4) is 0 Å². The summed E-state index contributed by atoms with van der Waals surface area (Å²) in [7, 11) is 1.89. The third kappa shape index (κ3) is 2.92. The highest BCUT2D eigenvalue weighted by Crippen LogP contribution is 2.25. The molecule has 2 heterocycles. The van der Waals surface area contributed by atoms with Crippen LogP contribution in [0.2, 0.25) is 5.02 Å². The van der Waals surface area contributed by atoms with Gasteiger partial charge in [0.25, 0.3) is 0 Å². The number of para-hydroxylation sites is 2. The molecule has 3 rings (SSSR count). The van der Waals surface area contributed by atoms with Gasteiger partial charge in [0.05, 0.1) is 28.2 Å². The van der Waals surface area contributed by atoms with Crippen molar-refractivity contribution in [3.05, 3.63) is 52.9 Å². The number of pyridine rings is 1. The Morgan fingerprint density at radius 2 is 2.12 bits per heavy atom. The molecule has 2 aromatic heterocycles. The highest BCUT2D eigenvalue weighted by molar-refractivity contribution is 6.33. The summed E-state index contributed by atoms with van der Waals surface area (Å²) < 4.78 is 2.16. The van der Waals surface area contributed by atoms with Gasteiger partial charge in [0.2, 0.25) is 5.91 Å². The molecule has 7 heteroatoms. The number of rotatable bonds is 5. The van der Waals surface area contributed by atoms with Crippen molar-refractivity contribution in [2.45, 2.75) is 20.0 Å². The Labute approximate surface area is 144 Å². The highest BCUT2D eigenvalue weighted by Gasteiger charge is 2.15. The zero-order chi connectivity index (χ0) is 17.3. The molecule has 3 aromatic rings. The Hall–Kier alpha value is -2.60. The SMILES string of the molecule is CCn1c(CN(C)c2ncc(C(N)=O)cc2Cl)nc2ccccc21. The quantitative estimate of drug-likeness (QED) is 0.772. The second-order valence-corrected chi connectivity index (χ2v) is 5.92. The molecule has 0 bridgehead atoms. The fraction of sp³-hybridized carbons (Fsp3) is 0.235. The van der Waals surface area contributed by atoms with Crippen LogP contribution in [0, 0.1) is 0 Å². The van der Waals surface area contributed by atoms with Crippen LogP contribution in [0.4, 0.5) is 5.82 Å². The van der Waals surface area contributed by atoms with Crippen molar-refractivity contribution in [1.29, 1.82) is 0 Å². The van der Waals surface area contributed by atoms with Gasteiger partial charge in [-0.15, -0.1) is 0 Å². The predicted molar refractivity (Wildman–Crippen MR) is 95.3 cm³/mol. The van der Waals surface area contributed by atoms with Crippen molar-refractivity contribution < 1.29 is 4.79 Å². The molecule has 2 N–H and O–H groups in total. The van der Waals surface area contributed by atoms with Gasteiger partial charge in [-0.2, -0.15) is 0 Å². The van der Waals surface area contributed by atoms with Crippen molar-refractivity contribution in [1.82, 2.24) is 14.5 Å². The minimum atomic E-state index is -0.550. The summed E-state index contributed by atoms with van der Waals surface area (Å²) in [4.78, 5) is 22.1. The van der Waals surface area contributed by atoms with E-state index < -0.39 is 5.91 Å². The second-order valence-electron chi connectivity index (χ2n) is 5.51. The summed E-state index contributed by atoms with van der Waals surface area (Å²) in [6.45, 7) is 3.46. The van der Waals surface area contributed by atoms with Gasteiger partial charge in [0.1, 0.15) is 11.6 Å². The molecule has 1 aromatic carbocycles. The van der Waals surface area contributed by atoms with E-state index in [1.54, 1.807) is 0 Å². The number of nitrogens with two attached hydrogens (primary N) is 1. The third-order valence-electron chi connectivity index (χ3n) is 3.90. The highest BCUT2D eigenvalue weighted by atomic mass is 35.5. The smallest absolute Gasteiger partial charge is 0.250 e. The summed E-state index contributed by atoms with van der Waals surface area (Å²) in [5, 5.41) is 0.382. The number of imidazole rings is 1. The van der Waals surface area contributed by atoms with E-state index in [-0.39, 0.29) is 5.56 Å². The number of halogens is 1. The molecule has 0 spiro atoms. The zero-order valence-corrected chi connectivity index (χ0v) is 14.3. The lowest BCUT2D eigenvalue weighted by molar-refractivity contribution is 0.1000. The van der Waals surface area contributed by atoms with Crippen LogP contribution in [-0.2, 0) is 13.1 Å². The van der Waals surface area contributed by atoms with Gasteiger partial charge >= 0.3 is 0 Å². The number of carbonyl (C=O) groups is 1. The van der Waals surface area contributed by atoms with E-state index in [2.05, 4.69) is 22.5 Å². The summed E-state index contributed by atoms with van der Waals surface area (Å²) >= 11 is 6.25. The molecule has 0 saturated carbocycles. The number of fused-ring (bicyclic) bond motifs is 1. The number of nitrogens with zero attached hydrogens (tertiary/aromatic N) is 4. The van der Waals surface area contributed by atoms with E-state index in [1.807, 2.05) is 30.1 Å². The van der Waals surface area contributed by atoms with Gasteiger partial charge in [0.15, 0.2) is 0 Å². The zero-order valence-electron chi connectivity index (χ0n) is 13.5. The molecule has 0 saturated heterocycles. The molecule has 6 nitrogen and oxygen atoms in total. The Bertz CT molecular complexity index is 905. The summed E-state index contributed by atoms with van der Waals surface area (Å²) in [5.41, 5.74) is 7.61. The van der Waals surface area contributed by atoms with Crippen LogP contribution < -0.4 is 10.6 Å². The molecule has 24 heavy (non-hydrogen) atoms. The number of hydrogen-bond acceptors (Lipinski definition) is 4. The Kier molecular flexibility index (Phi) is 4.40. The lowest BCUT2D eigenvalue weighted by Gasteiger charge is -2.19. The summed E-state index contributed by atoms with van der Waals surface area (Å²) in [6.07, 6.45) is 1.43. The third-order valence-corrected chi connectivity index (χ3v) is 4.17. The van der Waals surface area contributed by atoms with E-state index in [1.165, 1.54) is 12.3 Å². The second kappa shape index (κ2) is 6.49. The lowest BCUT2D eigenvalue weighted by atomic mass is 10.2. The summed E-state index contributed by atoms with van der Waals surface area (Å²) in [6, 6.07) is 9.57.